The van der Waals surface area contributed by atoms with Crippen LogP contribution in [0.15, 0.2) is 0 Å². The molecule has 8 nitrogen and oxygen atoms in total. The van der Waals surface area contributed by atoms with Gasteiger partial charge in [0.2, 0.25) is 0 Å². The Balaban J connectivity index is 0. The minimum Gasteiger partial charge on any atom is -0.481 e. The van der Waals surface area contributed by atoms with Crippen molar-refractivity contribution in [3.8, 4) is 0 Å². The van der Waals surface area contributed by atoms with Gasteiger partial charge in [0.25, 0.3) is 5.97 Å². The first kappa shape index (κ1) is 16.2. The van der Waals surface area contributed by atoms with Crippen molar-refractivity contribution in [2.24, 2.45) is 0 Å². The third-order valence-electron chi connectivity index (χ3n) is 0.640. The first-order chi connectivity index (χ1) is 7.16. The zero-order valence-corrected chi connectivity index (χ0v) is 8.80. The largest absolute Gasteiger partial charge is 0.481 e. The average Bonchev–Trinajstić information content (AvgIpc) is 1.99. The molecule has 0 spiro atoms. The smallest absolute Gasteiger partial charge is 0.425 e. The van der Waals surface area contributed by atoms with Crippen LogP contribution in [-0.4, -0.2) is 35.0 Å². The van der Waals surface area contributed by atoms with Gasteiger partial charge in [0, 0.05) is 20.8 Å². The second-order valence-electron chi connectivity index (χ2n) is 2.28. The summed E-state index contributed by atoms with van der Waals surface area (Å²) in [6, 6.07) is 0. The molecule has 8 heteroatoms. The summed E-state index contributed by atoms with van der Waals surface area (Å²) >= 11 is 0. The third kappa shape index (κ3) is 14.3. The molecule has 0 rings (SSSR count). The van der Waals surface area contributed by atoms with Crippen LogP contribution in [0, 0.1) is 0 Å². The standard InChI is InChI=1S/C6H6O6.C2H4O2/c1-3(7)11-5(9)6(10)12-4(2)8;1-2(3)4/h1-2H3;1H3,(H,3,4). The first-order valence-corrected chi connectivity index (χ1v) is 3.81. The van der Waals surface area contributed by atoms with Gasteiger partial charge in [-0.25, -0.2) is 9.59 Å². The van der Waals surface area contributed by atoms with Crippen LogP contribution in [0.4, 0.5) is 0 Å². The highest BCUT2D eigenvalue weighted by Gasteiger charge is 2.20. The van der Waals surface area contributed by atoms with Gasteiger partial charge in [-0.05, 0) is 0 Å². The van der Waals surface area contributed by atoms with E-state index in [4.69, 9.17) is 9.90 Å². The quantitative estimate of drug-likeness (QED) is 0.330. The van der Waals surface area contributed by atoms with E-state index in [9.17, 15) is 19.2 Å². The van der Waals surface area contributed by atoms with Crippen molar-refractivity contribution in [2.45, 2.75) is 20.8 Å². The predicted octanol–water partition coefficient (Wildman–Crippen LogP) is -0.743. The van der Waals surface area contributed by atoms with Crippen molar-refractivity contribution in [3.05, 3.63) is 0 Å². The maximum Gasteiger partial charge on any atom is 0.425 e. The summed E-state index contributed by atoms with van der Waals surface area (Å²) < 4.78 is 7.62. The highest BCUT2D eigenvalue weighted by atomic mass is 16.6. The second kappa shape index (κ2) is 8.09. The van der Waals surface area contributed by atoms with E-state index in [0.29, 0.717) is 0 Å². The van der Waals surface area contributed by atoms with Crippen molar-refractivity contribution in [1.82, 2.24) is 0 Å². The summed E-state index contributed by atoms with van der Waals surface area (Å²) in [4.78, 5) is 50.1. The molecule has 0 bridgehead atoms. The molecular formula is C8H10O8. The van der Waals surface area contributed by atoms with Crippen molar-refractivity contribution >= 4 is 29.8 Å². The zero-order chi connectivity index (χ0) is 13.3. The Bertz CT molecular complexity index is 286. The monoisotopic (exact) mass is 234 g/mol. The summed E-state index contributed by atoms with van der Waals surface area (Å²) in [7, 11) is 0. The zero-order valence-electron chi connectivity index (χ0n) is 8.80. The fraction of sp³-hybridized carbons (Fsp3) is 0.375. The van der Waals surface area contributed by atoms with Gasteiger partial charge in [-0.15, -0.1) is 0 Å². The Morgan fingerprint density at radius 3 is 1.06 bits per heavy atom. The number of hydrogen-bond acceptors (Lipinski definition) is 7. The predicted molar refractivity (Wildman–Crippen MR) is 46.9 cm³/mol. The van der Waals surface area contributed by atoms with E-state index in [1.54, 1.807) is 0 Å². The molecule has 0 fully saturated rings. The lowest BCUT2D eigenvalue weighted by molar-refractivity contribution is -0.176. The lowest BCUT2D eigenvalue weighted by atomic mass is 10.6. The minimum absolute atomic E-state index is 0.833. The van der Waals surface area contributed by atoms with E-state index >= 15 is 0 Å². The molecule has 0 heterocycles. The van der Waals surface area contributed by atoms with Crippen molar-refractivity contribution in [2.75, 3.05) is 0 Å². The Labute approximate surface area is 90.1 Å². The Kier molecular flexibility index (Phi) is 8.19. The lowest BCUT2D eigenvalue weighted by Crippen LogP contribution is -2.23. The lowest BCUT2D eigenvalue weighted by Gasteiger charge is -1.96. The van der Waals surface area contributed by atoms with Gasteiger partial charge >= 0.3 is 23.9 Å². The Morgan fingerprint density at radius 1 is 0.750 bits per heavy atom. The Hall–Kier alpha value is -2.25. The van der Waals surface area contributed by atoms with Crippen LogP contribution in [0.5, 0.6) is 0 Å². The number of rotatable bonds is 0. The van der Waals surface area contributed by atoms with E-state index in [1.807, 2.05) is 0 Å². The molecule has 0 atom stereocenters. The summed E-state index contributed by atoms with van der Waals surface area (Å²) in [6.07, 6.45) is 0. The third-order valence-corrected chi connectivity index (χ3v) is 0.640. The van der Waals surface area contributed by atoms with E-state index in [0.717, 1.165) is 20.8 Å². The summed E-state index contributed by atoms with van der Waals surface area (Å²) in [5.41, 5.74) is 0. The summed E-state index contributed by atoms with van der Waals surface area (Å²) in [6.45, 7) is 2.97. The van der Waals surface area contributed by atoms with E-state index < -0.39 is 29.8 Å². The molecule has 0 aliphatic rings. The second-order valence-corrected chi connectivity index (χ2v) is 2.28. The molecule has 0 unspecified atom stereocenters. The SMILES string of the molecule is CC(=O)O.CC(=O)OC(=O)C(=O)OC(C)=O. The van der Waals surface area contributed by atoms with Crippen molar-refractivity contribution in [1.29, 1.82) is 0 Å². The van der Waals surface area contributed by atoms with Gasteiger partial charge < -0.3 is 14.6 Å². The topological polar surface area (TPSA) is 124 Å². The van der Waals surface area contributed by atoms with Gasteiger partial charge in [-0.2, -0.15) is 0 Å². The molecular weight excluding hydrogens is 224 g/mol. The van der Waals surface area contributed by atoms with E-state index in [2.05, 4.69) is 9.47 Å². The maximum atomic E-state index is 10.4. The minimum atomic E-state index is -1.50. The fourth-order valence-corrected chi connectivity index (χ4v) is 0.344. The van der Waals surface area contributed by atoms with Crippen molar-refractivity contribution in [3.63, 3.8) is 0 Å². The van der Waals surface area contributed by atoms with Gasteiger partial charge in [-0.3, -0.25) is 14.4 Å². The highest BCUT2D eigenvalue weighted by molar-refractivity contribution is 6.33. The number of aliphatic carboxylic acids is 1. The Morgan fingerprint density at radius 2 is 0.938 bits per heavy atom. The van der Waals surface area contributed by atoms with Crippen LogP contribution in [-0.2, 0) is 33.4 Å². The highest BCUT2D eigenvalue weighted by Crippen LogP contribution is 1.85. The van der Waals surface area contributed by atoms with E-state index in [-0.39, 0.29) is 0 Å². The molecule has 0 aromatic rings. The molecule has 0 amide bonds. The van der Waals surface area contributed by atoms with E-state index in [1.165, 1.54) is 0 Å². The maximum absolute atomic E-state index is 10.4. The van der Waals surface area contributed by atoms with Gasteiger partial charge in [0.15, 0.2) is 0 Å². The van der Waals surface area contributed by atoms with Crippen molar-refractivity contribution < 1.29 is 38.6 Å². The number of hydrogen-bond donors (Lipinski definition) is 1. The van der Waals surface area contributed by atoms with Crippen LogP contribution in [0.3, 0.4) is 0 Å². The molecule has 0 aliphatic heterocycles. The number of carboxylic acids is 1. The molecule has 1 N–H and O–H groups in total. The summed E-state index contributed by atoms with van der Waals surface area (Å²) in [5.74, 6) is -5.73. The molecule has 90 valence electrons. The first-order valence-electron chi connectivity index (χ1n) is 3.81. The number of carboxylic acid groups (broad SMARTS) is 1. The van der Waals surface area contributed by atoms with Crippen LogP contribution >= 0.6 is 0 Å². The molecule has 0 saturated carbocycles. The van der Waals surface area contributed by atoms with Crippen LogP contribution < -0.4 is 0 Å². The average molecular weight is 234 g/mol. The number of carbonyl (C=O) groups excluding carboxylic acids is 4. The molecule has 0 aliphatic carbocycles. The normalized spacial score (nSPS) is 7.94. The summed E-state index contributed by atoms with van der Waals surface area (Å²) in [5, 5.41) is 7.42. The fourth-order valence-electron chi connectivity index (χ4n) is 0.344. The van der Waals surface area contributed by atoms with Crippen LogP contribution in [0.2, 0.25) is 0 Å². The molecule has 0 saturated heterocycles. The molecule has 0 aromatic heterocycles. The number of esters is 4. The van der Waals surface area contributed by atoms with Gasteiger partial charge in [-0.1, -0.05) is 0 Å². The molecule has 0 aromatic carbocycles. The number of ether oxygens (including phenoxy) is 2. The molecule has 16 heavy (non-hydrogen) atoms. The van der Waals surface area contributed by atoms with Crippen LogP contribution in [0.25, 0.3) is 0 Å². The van der Waals surface area contributed by atoms with Gasteiger partial charge in [0.05, 0.1) is 0 Å². The number of carbonyl (C=O) groups is 5. The van der Waals surface area contributed by atoms with Crippen LogP contribution in [0.1, 0.15) is 20.8 Å². The molecule has 0 radical (unpaired) electrons. The van der Waals surface area contributed by atoms with Gasteiger partial charge in [0.1, 0.15) is 0 Å².